The standard InChI is InChI=1S/C12H13N3O4S2/c1-19-11(16)6-9-7-20-12(15-9)14-8-2-4-10(5-3-8)21(13,17)18/h2-5,7H,6H2,1H3,(H,14,15)(H2,13,17,18). The van der Waals surface area contributed by atoms with Gasteiger partial charge in [0.25, 0.3) is 0 Å². The molecule has 7 nitrogen and oxygen atoms in total. The number of nitrogens with zero attached hydrogens (tertiary/aromatic N) is 1. The Morgan fingerprint density at radius 2 is 2.05 bits per heavy atom. The van der Waals surface area contributed by atoms with Crippen LogP contribution in [-0.4, -0.2) is 26.5 Å². The van der Waals surface area contributed by atoms with Gasteiger partial charge in [-0.05, 0) is 24.3 Å². The Hall–Kier alpha value is -1.97. The largest absolute Gasteiger partial charge is 0.469 e. The Balaban J connectivity index is 2.07. The predicted molar refractivity (Wildman–Crippen MR) is 78.9 cm³/mol. The Morgan fingerprint density at radius 3 is 2.62 bits per heavy atom. The van der Waals surface area contributed by atoms with Crippen LogP contribution in [0.25, 0.3) is 0 Å². The zero-order chi connectivity index (χ0) is 15.5. The maximum absolute atomic E-state index is 11.1. The van der Waals surface area contributed by atoms with Crippen LogP contribution < -0.4 is 10.5 Å². The van der Waals surface area contributed by atoms with Crippen molar-refractivity contribution in [1.29, 1.82) is 0 Å². The quantitative estimate of drug-likeness (QED) is 0.799. The van der Waals surface area contributed by atoms with Crippen molar-refractivity contribution in [1.82, 2.24) is 4.98 Å². The van der Waals surface area contributed by atoms with Crippen molar-refractivity contribution < 1.29 is 17.9 Å². The topological polar surface area (TPSA) is 111 Å². The third kappa shape index (κ3) is 4.25. The molecule has 2 rings (SSSR count). The van der Waals surface area contributed by atoms with Crippen molar-refractivity contribution in [2.24, 2.45) is 5.14 Å². The number of anilines is 2. The molecule has 1 heterocycles. The molecule has 3 N–H and O–H groups in total. The lowest BCUT2D eigenvalue weighted by atomic mass is 10.3. The zero-order valence-corrected chi connectivity index (χ0v) is 12.7. The average molecular weight is 327 g/mol. The summed E-state index contributed by atoms with van der Waals surface area (Å²) in [7, 11) is -2.38. The van der Waals surface area contributed by atoms with E-state index in [1.54, 1.807) is 17.5 Å². The van der Waals surface area contributed by atoms with Crippen molar-refractivity contribution >= 4 is 38.1 Å². The zero-order valence-electron chi connectivity index (χ0n) is 11.1. The average Bonchev–Trinajstić information content (AvgIpc) is 2.85. The number of primary sulfonamides is 1. The van der Waals surface area contributed by atoms with Gasteiger partial charge in [0.2, 0.25) is 10.0 Å². The number of esters is 1. The lowest BCUT2D eigenvalue weighted by molar-refractivity contribution is -0.139. The first kappa shape index (κ1) is 15.4. The van der Waals surface area contributed by atoms with Crippen LogP contribution in [0, 0.1) is 0 Å². The van der Waals surface area contributed by atoms with Gasteiger partial charge in [-0.3, -0.25) is 4.79 Å². The molecule has 1 aromatic carbocycles. The number of aromatic nitrogens is 1. The molecule has 0 unspecified atom stereocenters. The molecule has 112 valence electrons. The first-order valence-corrected chi connectivity index (χ1v) is 8.22. The van der Waals surface area contributed by atoms with E-state index in [4.69, 9.17) is 5.14 Å². The monoisotopic (exact) mass is 327 g/mol. The van der Waals surface area contributed by atoms with Gasteiger partial charge in [0.1, 0.15) is 0 Å². The fraction of sp³-hybridized carbons (Fsp3) is 0.167. The van der Waals surface area contributed by atoms with Crippen LogP contribution in [-0.2, 0) is 26.0 Å². The van der Waals surface area contributed by atoms with Gasteiger partial charge in [-0.15, -0.1) is 11.3 Å². The fourth-order valence-corrected chi connectivity index (χ4v) is 2.76. The molecule has 0 atom stereocenters. The van der Waals surface area contributed by atoms with E-state index in [0.29, 0.717) is 16.5 Å². The van der Waals surface area contributed by atoms with Crippen LogP contribution in [0.2, 0.25) is 0 Å². The number of nitrogens with two attached hydrogens (primary N) is 1. The van der Waals surface area contributed by atoms with E-state index in [9.17, 15) is 13.2 Å². The maximum Gasteiger partial charge on any atom is 0.311 e. The summed E-state index contributed by atoms with van der Waals surface area (Å²) >= 11 is 1.33. The molecule has 0 fully saturated rings. The highest BCUT2D eigenvalue weighted by Gasteiger charge is 2.09. The SMILES string of the molecule is COC(=O)Cc1csc(Nc2ccc(S(N)(=O)=O)cc2)n1. The number of benzene rings is 1. The summed E-state index contributed by atoms with van der Waals surface area (Å²) in [5, 5.41) is 10.4. The van der Waals surface area contributed by atoms with Crippen molar-refractivity contribution in [3.63, 3.8) is 0 Å². The summed E-state index contributed by atoms with van der Waals surface area (Å²) in [6.45, 7) is 0. The highest BCUT2D eigenvalue weighted by Crippen LogP contribution is 2.22. The van der Waals surface area contributed by atoms with Crippen molar-refractivity contribution in [3.05, 3.63) is 35.3 Å². The second-order valence-electron chi connectivity index (χ2n) is 4.09. The van der Waals surface area contributed by atoms with Gasteiger partial charge in [0.05, 0.1) is 24.1 Å². The smallest absolute Gasteiger partial charge is 0.311 e. The molecule has 2 aromatic rings. The van der Waals surface area contributed by atoms with E-state index >= 15 is 0 Å². The lowest BCUT2D eigenvalue weighted by Crippen LogP contribution is -2.11. The van der Waals surface area contributed by atoms with Gasteiger partial charge in [-0.2, -0.15) is 0 Å². The third-order valence-electron chi connectivity index (χ3n) is 2.54. The Morgan fingerprint density at radius 1 is 1.38 bits per heavy atom. The lowest BCUT2D eigenvalue weighted by Gasteiger charge is -2.03. The van der Waals surface area contributed by atoms with Gasteiger partial charge < -0.3 is 10.1 Å². The molecule has 21 heavy (non-hydrogen) atoms. The minimum Gasteiger partial charge on any atom is -0.469 e. The van der Waals surface area contributed by atoms with E-state index < -0.39 is 10.0 Å². The number of carbonyl (C=O) groups excluding carboxylic acids is 1. The van der Waals surface area contributed by atoms with Crippen molar-refractivity contribution in [2.45, 2.75) is 11.3 Å². The van der Waals surface area contributed by atoms with E-state index in [1.165, 1.54) is 30.6 Å². The minimum absolute atomic E-state index is 0.0403. The molecule has 0 radical (unpaired) electrons. The molecular weight excluding hydrogens is 314 g/mol. The Kier molecular flexibility index (Phi) is 4.56. The highest BCUT2D eigenvalue weighted by atomic mass is 32.2. The molecule has 0 bridgehead atoms. The number of hydrogen-bond acceptors (Lipinski definition) is 7. The number of carbonyl (C=O) groups is 1. The normalized spacial score (nSPS) is 11.1. The summed E-state index contributed by atoms with van der Waals surface area (Å²) in [6, 6.07) is 5.98. The van der Waals surface area contributed by atoms with Crippen LogP contribution in [0.5, 0.6) is 0 Å². The number of ether oxygens (including phenoxy) is 1. The number of nitrogens with one attached hydrogen (secondary N) is 1. The van der Waals surface area contributed by atoms with Crippen LogP contribution in [0.1, 0.15) is 5.69 Å². The molecule has 0 saturated heterocycles. The number of thiazole rings is 1. The highest BCUT2D eigenvalue weighted by molar-refractivity contribution is 7.89. The van der Waals surface area contributed by atoms with Gasteiger partial charge in [-0.25, -0.2) is 18.5 Å². The number of sulfonamides is 1. The Labute approximate surface area is 125 Å². The molecule has 0 amide bonds. The predicted octanol–water partition coefficient (Wildman–Crippen LogP) is 1.25. The second kappa shape index (κ2) is 6.20. The van der Waals surface area contributed by atoms with Gasteiger partial charge in [0.15, 0.2) is 5.13 Å². The first-order valence-electron chi connectivity index (χ1n) is 5.79. The summed E-state index contributed by atoms with van der Waals surface area (Å²) in [5.41, 5.74) is 1.27. The third-order valence-corrected chi connectivity index (χ3v) is 4.27. The van der Waals surface area contributed by atoms with Gasteiger partial charge >= 0.3 is 5.97 Å². The summed E-state index contributed by atoms with van der Waals surface area (Å²) in [6.07, 6.45) is 0.110. The molecule has 0 aliphatic heterocycles. The molecule has 0 saturated carbocycles. The van der Waals surface area contributed by atoms with E-state index in [1.807, 2.05) is 0 Å². The Bertz CT molecular complexity index is 738. The van der Waals surface area contributed by atoms with Crippen molar-refractivity contribution in [2.75, 3.05) is 12.4 Å². The first-order chi connectivity index (χ1) is 9.88. The molecular formula is C12H13N3O4S2. The molecule has 0 spiro atoms. The number of methoxy groups -OCH3 is 1. The van der Waals surface area contributed by atoms with Crippen LogP contribution in [0.15, 0.2) is 34.5 Å². The molecule has 0 aliphatic carbocycles. The minimum atomic E-state index is -3.70. The van der Waals surface area contributed by atoms with Crippen LogP contribution >= 0.6 is 11.3 Å². The second-order valence-corrected chi connectivity index (χ2v) is 6.51. The fourth-order valence-electron chi connectivity index (χ4n) is 1.52. The van der Waals surface area contributed by atoms with E-state index in [-0.39, 0.29) is 17.3 Å². The number of rotatable bonds is 5. The van der Waals surface area contributed by atoms with Crippen LogP contribution in [0.4, 0.5) is 10.8 Å². The molecule has 1 aromatic heterocycles. The summed E-state index contributed by atoms with van der Waals surface area (Å²) < 4.78 is 26.8. The van der Waals surface area contributed by atoms with Crippen molar-refractivity contribution in [3.8, 4) is 0 Å². The van der Waals surface area contributed by atoms with Gasteiger partial charge in [-0.1, -0.05) is 0 Å². The van der Waals surface area contributed by atoms with Crippen LogP contribution in [0.3, 0.4) is 0 Å². The van der Waals surface area contributed by atoms with E-state index in [2.05, 4.69) is 15.0 Å². The summed E-state index contributed by atoms with van der Waals surface area (Å²) in [4.78, 5) is 15.4. The molecule has 0 aliphatic rings. The van der Waals surface area contributed by atoms with E-state index in [0.717, 1.165) is 0 Å². The molecule has 9 heteroatoms. The van der Waals surface area contributed by atoms with Gasteiger partial charge in [0, 0.05) is 11.1 Å². The maximum atomic E-state index is 11.1. The number of hydrogen-bond donors (Lipinski definition) is 2. The summed E-state index contributed by atoms with van der Waals surface area (Å²) in [5.74, 6) is -0.357.